The lowest BCUT2D eigenvalue weighted by Crippen LogP contribution is -2.22. The number of hydrazine groups is 1. The van der Waals surface area contributed by atoms with Gasteiger partial charge in [-0.2, -0.15) is 0 Å². The Labute approximate surface area is 87.3 Å². The van der Waals surface area contributed by atoms with E-state index in [1.807, 2.05) is 17.0 Å². The summed E-state index contributed by atoms with van der Waals surface area (Å²) in [6, 6.07) is 5.37. The molecule has 0 aliphatic carbocycles. The highest BCUT2D eigenvalue weighted by molar-refractivity contribution is 5.47. The van der Waals surface area contributed by atoms with Gasteiger partial charge < -0.3 is 20.5 Å². The van der Waals surface area contributed by atoms with E-state index in [0.29, 0.717) is 24.7 Å². The maximum absolute atomic E-state index is 9.40. The van der Waals surface area contributed by atoms with Gasteiger partial charge in [0.1, 0.15) is 11.6 Å². The number of nitrogens with one attached hydrogen (secondary N) is 1. The summed E-state index contributed by atoms with van der Waals surface area (Å²) in [5.41, 5.74) is 2.45. The minimum atomic E-state index is -0.707. The number of aliphatic hydroxyl groups is 2. The molecule has 1 fully saturated rings. The van der Waals surface area contributed by atoms with E-state index in [0.717, 1.165) is 0 Å². The summed E-state index contributed by atoms with van der Waals surface area (Å²) >= 11 is 0. The van der Waals surface area contributed by atoms with E-state index < -0.39 is 12.2 Å². The minimum Gasteiger partial charge on any atom is -0.389 e. The van der Waals surface area contributed by atoms with Crippen LogP contribution in [-0.4, -0.2) is 40.5 Å². The summed E-state index contributed by atoms with van der Waals surface area (Å²) in [7, 11) is 0. The van der Waals surface area contributed by atoms with Gasteiger partial charge in [-0.1, -0.05) is 6.07 Å². The van der Waals surface area contributed by atoms with E-state index in [4.69, 9.17) is 5.84 Å². The molecule has 5 N–H and O–H groups in total. The molecular weight excluding hydrogens is 196 g/mol. The fourth-order valence-electron chi connectivity index (χ4n) is 1.64. The van der Waals surface area contributed by atoms with Crippen molar-refractivity contribution in [1.29, 1.82) is 0 Å². The molecule has 0 saturated carbocycles. The molecule has 1 aromatic heterocycles. The molecular formula is C9H14N4O2. The van der Waals surface area contributed by atoms with Crippen molar-refractivity contribution in [2.75, 3.05) is 23.4 Å². The SMILES string of the molecule is NNc1cccc(N2CC(O)C(O)C2)n1. The number of anilines is 2. The third-order valence-corrected chi connectivity index (χ3v) is 2.47. The Hall–Kier alpha value is -1.37. The van der Waals surface area contributed by atoms with Crippen LogP contribution in [0.25, 0.3) is 0 Å². The lowest BCUT2D eigenvalue weighted by Gasteiger charge is -2.16. The van der Waals surface area contributed by atoms with Crippen LogP contribution in [0.4, 0.5) is 11.6 Å². The molecule has 1 saturated heterocycles. The lowest BCUT2D eigenvalue weighted by molar-refractivity contribution is 0.0572. The van der Waals surface area contributed by atoms with Crippen LogP contribution in [0.3, 0.4) is 0 Å². The summed E-state index contributed by atoms with van der Waals surface area (Å²) in [6.07, 6.45) is -1.41. The molecule has 1 aliphatic rings. The zero-order valence-corrected chi connectivity index (χ0v) is 8.17. The number of hydrogen-bond acceptors (Lipinski definition) is 6. The summed E-state index contributed by atoms with van der Waals surface area (Å²) in [4.78, 5) is 6.03. The third-order valence-electron chi connectivity index (χ3n) is 2.47. The van der Waals surface area contributed by atoms with Crippen LogP contribution < -0.4 is 16.2 Å². The van der Waals surface area contributed by atoms with Crippen molar-refractivity contribution in [2.45, 2.75) is 12.2 Å². The Morgan fingerprint density at radius 2 is 2.00 bits per heavy atom. The first-order valence-electron chi connectivity index (χ1n) is 4.75. The minimum absolute atomic E-state index is 0.391. The number of rotatable bonds is 2. The van der Waals surface area contributed by atoms with E-state index in [1.165, 1.54) is 0 Å². The molecule has 15 heavy (non-hydrogen) atoms. The number of nitrogens with zero attached hydrogens (tertiary/aromatic N) is 2. The standard InChI is InChI=1S/C9H14N4O2/c10-12-8-2-1-3-9(11-8)13-4-6(14)7(15)5-13/h1-3,6-7,14-15H,4-5,10H2,(H,11,12). The number of hydrogen-bond donors (Lipinski definition) is 4. The second-order valence-electron chi connectivity index (χ2n) is 3.57. The van der Waals surface area contributed by atoms with Crippen molar-refractivity contribution in [3.63, 3.8) is 0 Å². The van der Waals surface area contributed by atoms with Gasteiger partial charge in [0.05, 0.1) is 12.2 Å². The van der Waals surface area contributed by atoms with Crippen molar-refractivity contribution in [3.05, 3.63) is 18.2 Å². The van der Waals surface area contributed by atoms with Crippen LogP contribution in [-0.2, 0) is 0 Å². The van der Waals surface area contributed by atoms with Crippen LogP contribution in [0.1, 0.15) is 0 Å². The molecule has 2 atom stereocenters. The number of pyridine rings is 1. The van der Waals surface area contributed by atoms with Crippen LogP contribution >= 0.6 is 0 Å². The second-order valence-corrected chi connectivity index (χ2v) is 3.57. The van der Waals surface area contributed by atoms with Crippen molar-refractivity contribution in [3.8, 4) is 0 Å². The smallest absolute Gasteiger partial charge is 0.142 e. The van der Waals surface area contributed by atoms with Gasteiger partial charge in [0.25, 0.3) is 0 Å². The molecule has 0 radical (unpaired) electrons. The predicted octanol–water partition coefficient (Wildman–Crippen LogP) is -1.09. The highest BCUT2D eigenvalue weighted by atomic mass is 16.3. The summed E-state index contributed by atoms with van der Waals surface area (Å²) in [5, 5.41) is 18.8. The maximum Gasteiger partial charge on any atom is 0.142 e. The van der Waals surface area contributed by atoms with Gasteiger partial charge in [0.15, 0.2) is 0 Å². The van der Waals surface area contributed by atoms with Gasteiger partial charge in [-0.3, -0.25) is 0 Å². The average molecular weight is 210 g/mol. The molecule has 0 aromatic carbocycles. The number of aromatic nitrogens is 1. The maximum atomic E-state index is 9.40. The van der Waals surface area contributed by atoms with Gasteiger partial charge in [0, 0.05) is 13.1 Å². The van der Waals surface area contributed by atoms with Crippen molar-refractivity contribution < 1.29 is 10.2 Å². The molecule has 0 amide bonds. The second kappa shape index (κ2) is 4.01. The predicted molar refractivity (Wildman–Crippen MR) is 56.3 cm³/mol. The number of nitrogens with two attached hydrogens (primary N) is 1. The zero-order valence-electron chi connectivity index (χ0n) is 8.17. The van der Waals surface area contributed by atoms with E-state index >= 15 is 0 Å². The van der Waals surface area contributed by atoms with Gasteiger partial charge in [-0.15, -0.1) is 0 Å². The van der Waals surface area contributed by atoms with Crippen molar-refractivity contribution >= 4 is 11.6 Å². The Morgan fingerprint density at radius 3 is 2.60 bits per heavy atom. The molecule has 6 heteroatoms. The van der Waals surface area contributed by atoms with Gasteiger partial charge in [-0.05, 0) is 12.1 Å². The first-order chi connectivity index (χ1) is 7.20. The number of β-amino-alcohol motifs (C(OH)–C–C–N with tert-alkyl or cyclic N) is 2. The molecule has 2 unspecified atom stereocenters. The molecule has 1 aromatic rings. The lowest BCUT2D eigenvalue weighted by atomic mass is 10.3. The van der Waals surface area contributed by atoms with Crippen LogP contribution in [0.5, 0.6) is 0 Å². The molecule has 2 rings (SSSR count). The Morgan fingerprint density at radius 1 is 1.33 bits per heavy atom. The molecule has 0 spiro atoms. The molecule has 0 bridgehead atoms. The van der Waals surface area contributed by atoms with Crippen molar-refractivity contribution in [1.82, 2.24) is 4.98 Å². The highest BCUT2D eigenvalue weighted by Gasteiger charge is 2.30. The monoisotopic (exact) mass is 210 g/mol. The Kier molecular flexibility index (Phi) is 2.72. The number of aliphatic hydroxyl groups excluding tert-OH is 2. The Balaban J connectivity index is 2.16. The topological polar surface area (TPSA) is 94.6 Å². The van der Waals surface area contributed by atoms with Gasteiger partial charge >= 0.3 is 0 Å². The summed E-state index contributed by atoms with van der Waals surface area (Å²) < 4.78 is 0. The summed E-state index contributed by atoms with van der Waals surface area (Å²) in [6.45, 7) is 0.782. The normalized spacial score (nSPS) is 25.7. The fourth-order valence-corrected chi connectivity index (χ4v) is 1.64. The first-order valence-corrected chi connectivity index (χ1v) is 4.75. The fraction of sp³-hybridized carbons (Fsp3) is 0.444. The van der Waals surface area contributed by atoms with E-state index in [9.17, 15) is 10.2 Å². The summed E-state index contributed by atoms with van der Waals surface area (Å²) in [5.74, 6) is 6.50. The van der Waals surface area contributed by atoms with Crippen LogP contribution in [0.15, 0.2) is 18.2 Å². The van der Waals surface area contributed by atoms with Crippen LogP contribution in [0.2, 0.25) is 0 Å². The first kappa shape index (κ1) is 10.2. The van der Waals surface area contributed by atoms with Crippen molar-refractivity contribution in [2.24, 2.45) is 5.84 Å². The largest absolute Gasteiger partial charge is 0.389 e. The van der Waals surface area contributed by atoms with Gasteiger partial charge in [0.2, 0.25) is 0 Å². The van der Waals surface area contributed by atoms with Gasteiger partial charge in [-0.25, -0.2) is 10.8 Å². The molecule has 6 nitrogen and oxygen atoms in total. The van der Waals surface area contributed by atoms with E-state index in [-0.39, 0.29) is 0 Å². The quantitative estimate of drug-likeness (QED) is 0.366. The molecule has 1 aliphatic heterocycles. The molecule has 2 heterocycles. The molecule has 82 valence electrons. The zero-order chi connectivity index (χ0) is 10.8. The third kappa shape index (κ3) is 2.01. The average Bonchev–Trinajstić information content (AvgIpc) is 2.59. The Bertz CT molecular complexity index is 337. The number of nitrogen functional groups attached to an aromatic ring is 1. The van der Waals surface area contributed by atoms with E-state index in [2.05, 4.69) is 10.4 Å². The van der Waals surface area contributed by atoms with Crippen LogP contribution in [0, 0.1) is 0 Å². The highest BCUT2D eigenvalue weighted by Crippen LogP contribution is 2.19. The van der Waals surface area contributed by atoms with E-state index in [1.54, 1.807) is 6.07 Å².